The van der Waals surface area contributed by atoms with Crippen LogP contribution in [0.4, 0.5) is 5.82 Å². The van der Waals surface area contributed by atoms with E-state index in [4.69, 9.17) is 5.11 Å². The average molecular weight is 217 g/mol. The van der Waals surface area contributed by atoms with Gasteiger partial charge in [0.05, 0.1) is 18.2 Å². The van der Waals surface area contributed by atoms with Gasteiger partial charge in [-0.25, -0.2) is 9.97 Å². The smallest absolute Gasteiger partial charge is 0.137 e. The van der Waals surface area contributed by atoms with Crippen molar-refractivity contribution < 1.29 is 5.11 Å². The van der Waals surface area contributed by atoms with Crippen molar-refractivity contribution in [3.63, 3.8) is 0 Å². The number of anilines is 1. The third-order valence-corrected chi connectivity index (χ3v) is 2.60. The molecule has 1 atom stereocenters. The largest absolute Gasteiger partial charge is 0.394 e. The number of para-hydroxylation sites is 1. The number of fused-ring (bicyclic) bond motifs is 1. The number of rotatable bonds is 4. The minimum atomic E-state index is 0.0401. The van der Waals surface area contributed by atoms with Crippen molar-refractivity contribution in [2.45, 2.75) is 19.4 Å². The summed E-state index contributed by atoms with van der Waals surface area (Å²) in [7, 11) is 0. The SMILES string of the molecule is CC[C@@H](CO)Nc1ncnc2ccccc12. The first kappa shape index (κ1) is 10.8. The minimum absolute atomic E-state index is 0.0401. The van der Waals surface area contributed by atoms with Gasteiger partial charge in [-0.3, -0.25) is 0 Å². The van der Waals surface area contributed by atoms with Crippen LogP contribution in [0.25, 0.3) is 10.9 Å². The van der Waals surface area contributed by atoms with Crippen LogP contribution < -0.4 is 5.32 Å². The van der Waals surface area contributed by atoms with Crippen LogP contribution in [0.3, 0.4) is 0 Å². The Hall–Kier alpha value is -1.68. The summed E-state index contributed by atoms with van der Waals surface area (Å²) in [4.78, 5) is 8.40. The van der Waals surface area contributed by atoms with Gasteiger partial charge in [-0.15, -0.1) is 0 Å². The second-order valence-electron chi connectivity index (χ2n) is 3.67. The van der Waals surface area contributed by atoms with E-state index in [-0.39, 0.29) is 12.6 Å². The molecule has 0 aliphatic heterocycles. The molecule has 0 aliphatic rings. The number of benzene rings is 1. The maximum atomic E-state index is 9.15. The minimum Gasteiger partial charge on any atom is -0.394 e. The van der Waals surface area contributed by atoms with E-state index >= 15 is 0 Å². The fourth-order valence-electron chi connectivity index (χ4n) is 1.59. The lowest BCUT2D eigenvalue weighted by Gasteiger charge is -2.15. The van der Waals surface area contributed by atoms with E-state index < -0.39 is 0 Å². The third-order valence-electron chi connectivity index (χ3n) is 2.60. The first-order valence-electron chi connectivity index (χ1n) is 5.42. The molecule has 1 aromatic carbocycles. The zero-order chi connectivity index (χ0) is 11.4. The highest BCUT2D eigenvalue weighted by atomic mass is 16.3. The lowest BCUT2D eigenvalue weighted by molar-refractivity contribution is 0.271. The number of nitrogens with zero attached hydrogens (tertiary/aromatic N) is 2. The number of aliphatic hydroxyl groups excluding tert-OH is 1. The lowest BCUT2D eigenvalue weighted by Crippen LogP contribution is -2.23. The van der Waals surface area contributed by atoms with E-state index in [9.17, 15) is 0 Å². The van der Waals surface area contributed by atoms with Crippen LogP contribution >= 0.6 is 0 Å². The highest BCUT2D eigenvalue weighted by Crippen LogP contribution is 2.19. The van der Waals surface area contributed by atoms with Crippen LogP contribution in [0.1, 0.15) is 13.3 Å². The normalized spacial score (nSPS) is 12.6. The summed E-state index contributed by atoms with van der Waals surface area (Å²) in [6.45, 7) is 2.13. The third kappa shape index (κ3) is 2.12. The Morgan fingerprint density at radius 2 is 2.12 bits per heavy atom. The van der Waals surface area contributed by atoms with Crippen molar-refractivity contribution in [3.05, 3.63) is 30.6 Å². The second-order valence-corrected chi connectivity index (χ2v) is 3.67. The van der Waals surface area contributed by atoms with Gasteiger partial charge in [-0.1, -0.05) is 19.1 Å². The maximum absolute atomic E-state index is 9.15. The summed E-state index contributed by atoms with van der Waals surface area (Å²) < 4.78 is 0. The van der Waals surface area contributed by atoms with Gasteiger partial charge in [0.25, 0.3) is 0 Å². The average Bonchev–Trinajstić information content (AvgIpc) is 2.36. The molecule has 4 nitrogen and oxygen atoms in total. The molecule has 0 saturated heterocycles. The summed E-state index contributed by atoms with van der Waals surface area (Å²) in [5.74, 6) is 0.784. The van der Waals surface area contributed by atoms with Crippen LogP contribution in [0.15, 0.2) is 30.6 Å². The molecule has 0 saturated carbocycles. The summed E-state index contributed by atoms with van der Waals surface area (Å²) in [5.41, 5.74) is 0.910. The molecule has 0 unspecified atom stereocenters. The van der Waals surface area contributed by atoms with Crippen LogP contribution in [0, 0.1) is 0 Å². The first-order chi connectivity index (χ1) is 7.85. The van der Waals surface area contributed by atoms with E-state index in [0.717, 1.165) is 23.1 Å². The highest BCUT2D eigenvalue weighted by Gasteiger charge is 2.07. The maximum Gasteiger partial charge on any atom is 0.137 e. The van der Waals surface area contributed by atoms with E-state index in [1.54, 1.807) is 0 Å². The number of hydrogen-bond donors (Lipinski definition) is 2. The van der Waals surface area contributed by atoms with Gasteiger partial charge in [-0.2, -0.15) is 0 Å². The summed E-state index contributed by atoms with van der Waals surface area (Å²) in [5, 5.41) is 13.4. The Kier molecular flexibility index (Phi) is 3.31. The summed E-state index contributed by atoms with van der Waals surface area (Å²) in [6, 6.07) is 7.86. The molecule has 0 amide bonds. The predicted molar refractivity (Wildman–Crippen MR) is 64.3 cm³/mol. The molecule has 1 heterocycles. The molecule has 2 rings (SSSR count). The van der Waals surface area contributed by atoms with Gasteiger partial charge in [0.1, 0.15) is 12.1 Å². The molecule has 84 valence electrons. The molecule has 0 fully saturated rings. The number of hydrogen-bond acceptors (Lipinski definition) is 4. The van der Waals surface area contributed by atoms with E-state index in [1.165, 1.54) is 6.33 Å². The van der Waals surface area contributed by atoms with Crippen LogP contribution in [-0.4, -0.2) is 27.7 Å². The molecule has 0 bridgehead atoms. The van der Waals surface area contributed by atoms with Crippen molar-refractivity contribution >= 4 is 16.7 Å². The molecular weight excluding hydrogens is 202 g/mol. The van der Waals surface area contributed by atoms with Crippen LogP contribution in [-0.2, 0) is 0 Å². The van der Waals surface area contributed by atoms with Gasteiger partial charge in [0.2, 0.25) is 0 Å². The Bertz CT molecular complexity index is 463. The summed E-state index contributed by atoms with van der Waals surface area (Å²) >= 11 is 0. The van der Waals surface area contributed by atoms with Gasteiger partial charge >= 0.3 is 0 Å². The molecule has 0 aliphatic carbocycles. The predicted octanol–water partition coefficient (Wildman–Crippen LogP) is 1.81. The quantitative estimate of drug-likeness (QED) is 0.820. The highest BCUT2D eigenvalue weighted by molar-refractivity contribution is 5.88. The van der Waals surface area contributed by atoms with Gasteiger partial charge in [-0.05, 0) is 18.6 Å². The molecule has 16 heavy (non-hydrogen) atoms. The fraction of sp³-hybridized carbons (Fsp3) is 0.333. The van der Waals surface area contributed by atoms with Crippen molar-refractivity contribution in [1.82, 2.24) is 9.97 Å². The van der Waals surface area contributed by atoms with Crippen molar-refractivity contribution in [2.75, 3.05) is 11.9 Å². The second kappa shape index (κ2) is 4.90. The summed E-state index contributed by atoms with van der Waals surface area (Å²) in [6.07, 6.45) is 2.39. The zero-order valence-electron chi connectivity index (χ0n) is 9.22. The Labute approximate surface area is 94.4 Å². The number of nitrogens with one attached hydrogen (secondary N) is 1. The molecule has 0 radical (unpaired) electrons. The Morgan fingerprint density at radius 3 is 2.88 bits per heavy atom. The molecule has 4 heteroatoms. The van der Waals surface area contributed by atoms with Crippen molar-refractivity contribution in [3.8, 4) is 0 Å². The molecule has 0 spiro atoms. The van der Waals surface area contributed by atoms with E-state index in [1.807, 2.05) is 31.2 Å². The van der Waals surface area contributed by atoms with Crippen LogP contribution in [0.2, 0.25) is 0 Å². The van der Waals surface area contributed by atoms with Crippen molar-refractivity contribution in [1.29, 1.82) is 0 Å². The van der Waals surface area contributed by atoms with Crippen LogP contribution in [0.5, 0.6) is 0 Å². The number of aromatic nitrogens is 2. The molecule has 2 aromatic rings. The number of aliphatic hydroxyl groups is 1. The lowest BCUT2D eigenvalue weighted by atomic mass is 10.2. The monoisotopic (exact) mass is 217 g/mol. The standard InChI is InChI=1S/C12H15N3O/c1-2-9(7-16)15-12-10-5-3-4-6-11(10)13-8-14-12/h3-6,8-9,16H,2,7H2,1H3,(H,13,14,15)/t9-/m0/s1. The van der Waals surface area contributed by atoms with Gasteiger partial charge < -0.3 is 10.4 Å². The zero-order valence-corrected chi connectivity index (χ0v) is 9.22. The molecular formula is C12H15N3O. The molecule has 2 N–H and O–H groups in total. The topological polar surface area (TPSA) is 58.0 Å². The van der Waals surface area contributed by atoms with Gasteiger partial charge in [0.15, 0.2) is 0 Å². The Morgan fingerprint density at radius 1 is 1.31 bits per heavy atom. The molecule has 1 aromatic heterocycles. The Balaban J connectivity index is 2.36. The van der Waals surface area contributed by atoms with E-state index in [0.29, 0.717) is 0 Å². The van der Waals surface area contributed by atoms with E-state index in [2.05, 4.69) is 15.3 Å². The first-order valence-corrected chi connectivity index (χ1v) is 5.42. The van der Waals surface area contributed by atoms with Crippen molar-refractivity contribution in [2.24, 2.45) is 0 Å². The fourth-order valence-corrected chi connectivity index (χ4v) is 1.59. The van der Waals surface area contributed by atoms with Gasteiger partial charge in [0, 0.05) is 5.39 Å².